The van der Waals surface area contributed by atoms with Gasteiger partial charge in [-0.3, -0.25) is 14.3 Å². The van der Waals surface area contributed by atoms with Crippen LogP contribution in [0.3, 0.4) is 0 Å². The molecule has 214 valence electrons. The zero-order valence-corrected chi connectivity index (χ0v) is 23.4. The van der Waals surface area contributed by atoms with E-state index in [2.05, 4.69) is 4.98 Å². The average molecular weight is 608 g/mol. The predicted octanol–water partition coefficient (Wildman–Crippen LogP) is 5.69. The third-order valence-electron chi connectivity index (χ3n) is 7.14. The standard InChI is InChI=1S/C28H22ClF4N3O4S/c1-13-10-34-25(17-5-4-6-21(23(17)30)41(3,39)40)24(31)26(13)36-14(2)7-20(22(29)28(36)37)19-9-18(19)15-8-16(27(32)33)12-35(38)11-15/h4-8,10-12,18-19,27H,9H2,1-3H3/t18-,19+/m1/s1. The Morgan fingerprint density at radius 1 is 1.12 bits per heavy atom. The second-order valence-corrected chi connectivity index (χ2v) is 12.4. The Bertz CT molecular complexity index is 1900. The molecule has 5 rings (SSSR count). The van der Waals surface area contributed by atoms with Crippen molar-refractivity contribution in [2.75, 3.05) is 6.26 Å². The molecule has 0 amide bonds. The molecule has 1 aliphatic carbocycles. The molecule has 0 N–H and O–H groups in total. The first-order chi connectivity index (χ1) is 19.2. The molecule has 4 aromatic rings. The molecule has 0 unspecified atom stereocenters. The first-order valence-corrected chi connectivity index (χ1v) is 14.6. The summed E-state index contributed by atoms with van der Waals surface area (Å²) in [5, 5.41) is 11.6. The van der Waals surface area contributed by atoms with Crippen molar-refractivity contribution in [3.05, 3.63) is 109 Å². The maximum absolute atomic E-state index is 16.0. The molecule has 1 fully saturated rings. The molecule has 0 aliphatic heterocycles. The molecule has 0 saturated heterocycles. The summed E-state index contributed by atoms with van der Waals surface area (Å²) in [7, 11) is -3.96. The zero-order valence-electron chi connectivity index (χ0n) is 21.8. The van der Waals surface area contributed by atoms with Gasteiger partial charge in [0.05, 0.1) is 11.3 Å². The summed E-state index contributed by atoms with van der Waals surface area (Å²) in [4.78, 5) is 16.9. The molecule has 2 atom stereocenters. The Hall–Kier alpha value is -3.77. The van der Waals surface area contributed by atoms with Crippen LogP contribution in [0.4, 0.5) is 17.6 Å². The molecule has 0 bridgehead atoms. The Kier molecular flexibility index (Phi) is 7.19. The molecule has 0 spiro atoms. The number of hydrogen-bond acceptors (Lipinski definition) is 5. The number of nitrogens with zero attached hydrogens (tertiary/aromatic N) is 3. The van der Waals surface area contributed by atoms with Crippen LogP contribution in [0.1, 0.15) is 52.6 Å². The smallest absolute Gasteiger partial charge is 0.274 e. The highest BCUT2D eigenvalue weighted by Gasteiger charge is 2.43. The lowest BCUT2D eigenvalue weighted by Crippen LogP contribution is -2.26. The van der Waals surface area contributed by atoms with Gasteiger partial charge < -0.3 is 5.21 Å². The highest BCUT2D eigenvalue weighted by atomic mass is 35.5. The van der Waals surface area contributed by atoms with Gasteiger partial charge in [-0.1, -0.05) is 17.7 Å². The Balaban J connectivity index is 1.59. The maximum atomic E-state index is 16.0. The van der Waals surface area contributed by atoms with Crippen LogP contribution < -0.4 is 10.3 Å². The number of sulfone groups is 1. The molecule has 13 heteroatoms. The summed E-state index contributed by atoms with van der Waals surface area (Å²) < 4.78 is 82.9. The minimum absolute atomic E-state index is 0.217. The second kappa shape index (κ2) is 10.3. The zero-order chi connectivity index (χ0) is 30.0. The van der Waals surface area contributed by atoms with Crippen molar-refractivity contribution in [3.63, 3.8) is 0 Å². The highest BCUT2D eigenvalue weighted by molar-refractivity contribution is 7.90. The van der Waals surface area contributed by atoms with Crippen LogP contribution in [-0.4, -0.2) is 24.2 Å². The number of rotatable bonds is 6. The monoisotopic (exact) mass is 607 g/mol. The SMILES string of the molecule is Cc1cnc(-c2cccc(S(C)(=O)=O)c2F)c(F)c1-n1c(C)cc([C@H]2C[C@@H]2c2cc(C(F)F)c[n+]([O-])c2)c(Cl)c1=O. The van der Waals surface area contributed by atoms with Crippen molar-refractivity contribution in [1.29, 1.82) is 0 Å². The summed E-state index contributed by atoms with van der Waals surface area (Å²) in [5.74, 6) is -2.89. The van der Waals surface area contributed by atoms with Crippen molar-refractivity contribution < 1.29 is 30.7 Å². The number of alkyl halides is 2. The van der Waals surface area contributed by atoms with E-state index in [4.69, 9.17) is 11.6 Å². The largest absolute Gasteiger partial charge is 0.619 e. The van der Waals surface area contributed by atoms with E-state index in [-0.39, 0.29) is 33.8 Å². The van der Waals surface area contributed by atoms with Crippen LogP contribution >= 0.6 is 11.6 Å². The summed E-state index contributed by atoms with van der Waals surface area (Å²) >= 11 is 6.49. The van der Waals surface area contributed by atoms with Crippen molar-refractivity contribution in [1.82, 2.24) is 9.55 Å². The predicted molar refractivity (Wildman–Crippen MR) is 143 cm³/mol. The first kappa shape index (κ1) is 28.7. The van der Waals surface area contributed by atoms with Crippen LogP contribution in [0.25, 0.3) is 16.9 Å². The molecule has 1 aromatic carbocycles. The van der Waals surface area contributed by atoms with Crippen molar-refractivity contribution in [2.24, 2.45) is 0 Å². The first-order valence-electron chi connectivity index (χ1n) is 12.3. The van der Waals surface area contributed by atoms with Crippen molar-refractivity contribution >= 4 is 21.4 Å². The van der Waals surface area contributed by atoms with E-state index >= 15 is 8.78 Å². The van der Waals surface area contributed by atoms with Crippen LogP contribution in [0.15, 0.2) is 58.6 Å². The Morgan fingerprint density at radius 3 is 2.49 bits per heavy atom. The molecular weight excluding hydrogens is 586 g/mol. The van der Waals surface area contributed by atoms with Gasteiger partial charge >= 0.3 is 0 Å². The number of pyridine rings is 3. The van der Waals surface area contributed by atoms with Gasteiger partial charge in [0.2, 0.25) is 0 Å². The fourth-order valence-electron chi connectivity index (χ4n) is 5.12. The molecule has 3 heterocycles. The van der Waals surface area contributed by atoms with Gasteiger partial charge in [-0.25, -0.2) is 26.0 Å². The third kappa shape index (κ3) is 5.10. The molecule has 41 heavy (non-hydrogen) atoms. The van der Waals surface area contributed by atoms with Crippen molar-refractivity contribution in [3.8, 4) is 16.9 Å². The number of aryl methyl sites for hydroxylation is 2. The number of aromatic nitrogens is 3. The van der Waals surface area contributed by atoms with Gasteiger partial charge in [0.25, 0.3) is 12.0 Å². The van der Waals surface area contributed by atoms with Gasteiger partial charge in [-0.2, -0.15) is 4.73 Å². The van der Waals surface area contributed by atoms with E-state index in [1.165, 1.54) is 37.5 Å². The molecule has 1 saturated carbocycles. The molecule has 0 radical (unpaired) electrons. The fraction of sp³-hybridized carbons (Fsp3) is 0.250. The minimum Gasteiger partial charge on any atom is -0.619 e. The lowest BCUT2D eigenvalue weighted by molar-refractivity contribution is -0.606. The average Bonchev–Trinajstić information content (AvgIpc) is 3.68. The Morgan fingerprint density at radius 2 is 1.83 bits per heavy atom. The molecule has 3 aromatic heterocycles. The highest BCUT2D eigenvalue weighted by Crippen LogP contribution is 2.56. The number of benzene rings is 1. The van der Waals surface area contributed by atoms with Crippen LogP contribution in [0.5, 0.6) is 0 Å². The summed E-state index contributed by atoms with van der Waals surface area (Å²) in [6, 6.07) is 6.33. The van der Waals surface area contributed by atoms with Crippen molar-refractivity contribution in [2.45, 2.75) is 43.4 Å². The van der Waals surface area contributed by atoms with Crippen LogP contribution in [0.2, 0.25) is 5.02 Å². The summed E-state index contributed by atoms with van der Waals surface area (Å²) in [6.07, 6.45) is 1.69. The number of hydrogen-bond donors (Lipinski definition) is 0. The van der Waals surface area contributed by atoms with Crippen LogP contribution in [-0.2, 0) is 9.84 Å². The quantitative estimate of drug-likeness (QED) is 0.159. The van der Waals surface area contributed by atoms with Gasteiger partial charge in [0, 0.05) is 29.3 Å². The van der Waals surface area contributed by atoms with Gasteiger partial charge in [-0.05, 0) is 67.5 Å². The lowest BCUT2D eigenvalue weighted by Gasteiger charge is -2.18. The fourth-order valence-corrected chi connectivity index (χ4v) is 6.16. The van der Waals surface area contributed by atoms with Crippen LogP contribution in [0, 0.1) is 30.7 Å². The van der Waals surface area contributed by atoms with E-state index in [0.29, 0.717) is 22.3 Å². The maximum Gasteiger partial charge on any atom is 0.274 e. The number of halogens is 5. The van der Waals surface area contributed by atoms with E-state index in [1.54, 1.807) is 13.0 Å². The van der Waals surface area contributed by atoms with E-state index in [9.17, 15) is 27.2 Å². The van der Waals surface area contributed by atoms with Gasteiger partial charge in [-0.15, -0.1) is 0 Å². The Labute approximate surface area is 237 Å². The summed E-state index contributed by atoms with van der Waals surface area (Å²) in [5.41, 5.74) is -0.989. The molecular formula is C28H22ClF4N3O4S. The van der Waals surface area contributed by atoms with Gasteiger partial charge in [0.15, 0.2) is 33.9 Å². The van der Waals surface area contributed by atoms with E-state index in [1.807, 2.05) is 0 Å². The molecule has 1 aliphatic rings. The third-order valence-corrected chi connectivity index (χ3v) is 8.63. The minimum atomic E-state index is -3.96. The van der Waals surface area contributed by atoms with E-state index < -0.39 is 55.2 Å². The normalized spacial score (nSPS) is 16.8. The molecule has 7 nitrogen and oxygen atoms in total. The lowest BCUT2D eigenvalue weighted by atomic mass is 10.0. The summed E-state index contributed by atoms with van der Waals surface area (Å²) in [6.45, 7) is 3.04. The topological polar surface area (TPSA) is 96.0 Å². The van der Waals surface area contributed by atoms with Gasteiger partial charge in [0.1, 0.15) is 15.6 Å². The van der Waals surface area contributed by atoms with E-state index in [0.717, 1.165) is 23.1 Å². The second-order valence-electron chi connectivity index (χ2n) is 10.0.